The van der Waals surface area contributed by atoms with Crippen LogP contribution < -0.4 is 5.32 Å². The minimum absolute atomic E-state index is 0.227. The molecule has 0 spiro atoms. The number of nitrogens with one attached hydrogen (secondary N) is 1. The second kappa shape index (κ2) is 6.33. The topological polar surface area (TPSA) is 66.5 Å². The van der Waals surface area contributed by atoms with Gasteiger partial charge >= 0.3 is 0 Å². The van der Waals surface area contributed by atoms with Crippen molar-refractivity contribution in [1.29, 1.82) is 0 Å². The molecule has 2 aromatic rings. The smallest absolute Gasteiger partial charge is 0.255 e. The molecule has 3 rings (SSSR count). The van der Waals surface area contributed by atoms with E-state index in [1.807, 2.05) is 6.07 Å². The molecule has 0 fully saturated rings. The summed E-state index contributed by atoms with van der Waals surface area (Å²) in [5.74, 6) is -0.887. The number of anilines is 1. The number of hydrogen-bond donors (Lipinski definition) is 1. The van der Waals surface area contributed by atoms with Crippen LogP contribution in [0.2, 0.25) is 0 Å². The molecular formula is C17H17FN2O3S. The first kappa shape index (κ1) is 16.6. The van der Waals surface area contributed by atoms with E-state index in [4.69, 9.17) is 0 Å². The Kier molecular flexibility index (Phi) is 4.38. The maximum Gasteiger partial charge on any atom is 0.255 e. The van der Waals surface area contributed by atoms with Gasteiger partial charge in [0.15, 0.2) is 0 Å². The van der Waals surface area contributed by atoms with Gasteiger partial charge in [-0.1, -0.05) is 12.1 Å². The minimum atomic E-state index is -3.25. The van der Waals surface area contributed by atoms with Crippen molar-refractivity contribution in [2.75, 3.05) is 18.1 Å². The van der Waals surface area contributed by atoms with Crippen molar-refractivity contribution < 1.29 is 17.6 Å². The van der Waals surface area contributed by atoms with E-state index in [1.165, 1.54) is 34.8 Å². The summed E-state index contributed by atoms with van der Waals surface area (Å²) < 4.78 is 38.0. The van der Waals surface area contributed by atoms with Gasteiger partial charge in [0.25, 0.3) is 5.91 Å². The van der Waals surface area contributed by atoms with Crippen LogP contribution in [0.15, 0.2) is 42.5 Å². The summed E-state index contributed by atoms with van der Waals surface area (Å²) >= 11 is 0. The number of benzene rings is 2. The van der Waals surface area contributed by atoms with E-state index in [-0.39, 0.29) is 12.1 Å². The van der Waals surface area contributed by atoms with Gasteiger partial charge in [-0.25, -0.2) is 12.8 Å². The first-order chi connectivity index (χ1) is 11.3. The average molecular weight is 348 g/mol. The Morgan fingerprint density at radius 2 is 1.96 bits per heavy atom. The van der Waals surface area contributed by atoms with E-state index in [0.717, 1.165) is 11.1 Å². The molecule has 0 aliphatic carbocycles. The molecule has 1 heterocycles. The van der Waals surface area contributed by atoms with Crippen LogP contribution in [-0.2, 0) is 23.0 Å². The SMILES string of the molecule is CS(=O)(=O)N1CCc2ccc(NC(=O)c3cccc(F)c3)cc2C1. The summed E-state index contributed by atoms with van der Waals surface area (Å²) in [6.45, 7) is 0.749. The largest absolute Gasteiger partial charge is 0.322 e. The zero-order chi connectivity index (χ0) is 17.3. The van der Waals surface area contributed by atoms with Gasteiger partial charge in [-0.2, -0.15) is 4.31 Å². The lowest BCUT2D eigenvalue weighted by molar-refractivity contribution is 0.102. The maximum absolute atomic E-state index is 13.2. The van der Waals surface area contributed by atoms with Gasteiger partial charge < -0.3 is 5.32 Å². The van der Waals surface area contributed by atoms with Gasteiger partial charge in [-0.15, -0.1) is 0 Å². The Balaban J connectivity index is 1.80. The van der Waals surface area contributed by atoms with Gasteiger partial charge in [0.2, 0.25) is 10.0 Å². The molecular weight excluding hydrogens is 331 g/mol. The van der Waals surface area contributed by atoms with Gasteiger partial charge in [-0.05, 0) is 47.9 Å². The maximum atomic E-state index is 13.2. The number of sulfonamides is 1. The molecule has 1 aliphatic heterocycles. The van der Waals surface area contributed by atoms with Crippen LogP contribution in [0.3, 0.4) is 0 Å². The summed E-state index contributed by atoms with van der Waals surface area (Å²) in [5.41, 5.74) is 2.71. The van der Waals surface area contributed by atoms with E-state index in [1.54, 1.807) is 12.1 Å². The van der Waals surface area contributed by atoms with Crippen LogP contribution in [0.5, 0.6) is 0 Å². The highest BCUT2D eigenvalue weighted by atomic mass is 32.2. The fourth-order valence-electron chi connectivity index (χ4n) is 2.73. The van der Waals surface area contributed by atoms with Crippen LogP contribution in [0.25, 0.3) is 0 Å². The lowest BCUT2D eigenvalue weighted by atomic mass is 10.0. The molecule has 0 aromatic heterocycles. The zero-order valence-corrected chi connectivity index (χ0v) is 13.9. The van der Waals surface area contributed by atoms with E-state index in [2.05, 4.69) is 5.32 Å². The van der Waals surface area contributed by atoms with Crippen LogP contribution >= 0.6 is 0 Å². The third kappa shape index (κ3) is 3.63. The predicted molar refractivity (Wildman–Crippen MR) is 89.8 cm³/mol. The first-order valence-electron chi connectivity index (χ1n) is 7.47. The van der Waals surface area contributed by atoms with Crippen LogP contribution in [0.4, 0.5) is 10.1 Å². The molecule has 0 saturated heterocycles. The number of amides is 1. The van der Waals surface area contributed by atoms with E-state index < -0.39 is 21.7 Å². The monoisotopic (exact) mass is 348 g/mol. The second-order valence-electron chi connectivity index (χ2n) is 5.79. The van der Waals surface area contributed by atoms with Gasteiger partial charge in [0, 0.05) is 24.3 Å². The van der Waals surface area contributed by atoms with Crippen LogP contribution in [0, 0.1) is 5.82 Å². The number of carbonyl (C=O) groups excluding carboxylic acids is 1. The lowest BCUT2D eigenvalue weighted by Crippen LogP contribution is -2.35. The molecule has 0 saturated carbocycles. The molecule has 1 aliphatic rings. The van der Waals surface area contributed by atoms with Crippen molar-refractivity contribution in [3.05, 3.63) is 65.0 Å². The summed E-state index contributed by atoms with van der Waals surface area (Å²) in [6, 6.07) is 10.9. The molecule has 7 heteroatoms. The first-order valence-corrected chi connectivity index (χ1v) is 9.31. The quantitative estimate of drug-likeness (QED) is 0.926. The van der Waals surface area contributed by atoms with E-state index >= 15 is 0 Å². The Bertz CT molecular complexity index is 896. The number of rotatable bonds is 3. The van der Waals surface area contributed by atoms with Crippen molar-refractivity contribution in [2.24, 2.45) is 0 Å². The predicted octanol–water partition coefficient (Wildman–Crippen LogP) is 2.40. The fraction of sp³-hybridized carbons (Fsp3) is 0.235. The standard InChI is InChI=1S/C17H17FN2O3S/c1-24(22,23)20-8-7-12-5-6-16(10-14(12)11-20)19-17(21)13-3-2-4-15(18)9-13/h2-6,9-10H,7-8,11H2,1H3,(H,19,21). The number of carbonyl (C=O) groups is 1. The second-order valence-corrected chi connectivity index (χ2v) is 7.78. The molecule has 1 amide bonds. The third-order valence-corrected chi connectivity index (χ3v) is 5.25. The molecule has 0 unspecified atom stereocenters. The Morgan fingerprint density at radius 3 is 2.67 bits per heavy atom. The Labute approximate surface area is 140 Å². The lowest BCUT2D eigenvalue weighted by Gasteiger charge is -2.27. The molecule has 0 atom stereocenters. The molecule has 0 radical (unpaired) electrons. The summed E-state index contributed by atoms with van der Waals surface area (Å²) in [7, 11) is -3.25. The van der Waals surface area contributed by atoms with Gasteiger partial charge in [0.05, 0.1) is 6.26 Å². The Hall–Kier alpha value is -2.25. The van der Waals surface area contributed by atoms with Crippen molar-refractivity contribution in [2.45, 2.75) is 13.0 Å². The van der Waals surface area contributed by atoms with Crippen molar-refractivity contribution >= 4 is 21.6 Å². The summed E-state index contributed by atoms with van der Waals surface area (Å²) in [5, 5.41) is 2.72. The van der Waals surface area contributed by atoms with Crippen molar-refractivity contribution in [3.63, 3.8) is 0 Å². The molecule has 2 aromatic carbocycles. The normalized spacial score (nSPS) is 14.9. The number of hydrogen-bond acceptors (Lipinski definition) is 3. The van der Waals surface area contributed by atoms with Gasteiger partial charge in [-0.3, -0.25) is 4.79 Å². The zero-order valence-electron chi connectivity index (χ0n) is 13.1. The van der Waals surface area contributed by atoms with Gasteiger partial charge in [0.1, 0.15) is 5.82 Å². The number of nitrogens with zero attached hydrogens (tertiary/aromatic N) is 1. The molecule has 1 N–H and O–H groups in total. The molecule has 126 valence electrons. The Morgan fingerprint density at radius 1 is 1.17 bits per heavy atom. The van der Waals surface area contributed by atoms with E-state index in [9.17, 15) is 17.6 Å². The van der Waals surface area contributed by atoms with Crippen molar-refractivity contribution in [3.8, 4) is 0 Å². The average Bonchev–Trinajstić information content (AvgIpc) is 2.53. The highest BCUT2D eigenvalue weighted by Gasteiger charge is 2.23. The highest BCUT2D eigenvalue weighted by Crippen LogP contribution is 2.24. The summed E-state index contributed by atoms with van der Waals surface area (Å²) in [6.07, 6.45) is 1.83. The number of halogens is 1. The highest BCUT2D eigenvalue weighted by molar-refractivity contribution is 7.88. The fourth-order valence-corrected chi connectivity index (χ4v) is 3.52. The number of fused-ring (bicyclic) bond motifs is 1. The third-order valence-electron chi connectivity index (χ3n) is 4.00. The molecule has 0 bridgehead atoms. The van der Waals surface area contributed by atoms with Crippen LogP contribution in [-0.4, -0.2) is 31.4 Å². The van der Waals surface area contributed by atoms with Crippen molar-refractivity contribution in [1.82, 2.24) is 4.31 Å². The molecule has 24 heavy (non-hydrogen) atoms. The van der Waals surface area contributed by atoms with Crippen LogP contribution in [0.1, 0.15) is 21.5 Å². The van der Waals surface area contributed by atoms with E-state index in [0.29, 0.717) is 18.7 Å². The minimum Gasteiger partial charge on any atom is -0.322 e. The molecule has 5 nitrogen and oxygen atoms in total. The summed E-state index contributed by atoms with van der Waals surface area (Å²) in [4.78, 5) is 12.2.